The van der Waals surface area contributed by atoms with Crippen LogP contribution in [-0.4, -0.2) is 13.4 Å². The van der Waals surface area contributed by atoms with Gasteiger partial charge in [-0.3, -0.25) is 9.71 Å². The molecular formula is C13H11N3O2S. The second-order valence-corrected chi connectivity index (χ2v) is 5.61. The molecule has 0 unspecified atom stereocenters. The van der Waals surface area contributed by atoms with Crippen LogP contribution in [0.2, 0.25) is 0 Å². The van der Waals surface area contributed by atoms with Crippen LogP contribution in [0.15, 0.2) is 47.6 Å². The van der Waals surface area contributed by atoms with Crippen molar-refractivity contribution in [3.05, 3.63) is 53.9 Å². The summed E-state index contributed by atoms with van der Waals surface area (Å²) in [6.07, 6.45) is 3.05. The Balaban J connectivity index is 2.33. The fourth-order valence-electron chi connectivity index (χ4n) is 1.48. The van der Waals surface area contributed by atoms with Gasteiger partial charge in [0.2, 0.25) is 0 Å². The first-order valence-corrected chi connectivity index (χ1v) is 6.95. The zero-order valence-corrected chi connectivity index (χ0v) is 11.0. The lowest BCUT2D eigenvalue weighted by molar-refractivity contribution is 0.601. The molecule has 1 heterocycles. The maximum absolute atomic E-state index is 12.1. The summed E-state index contributed by atoms with van der Waals surface area (Å²) in [5.41, 5.74) is 1.63. The zero-order valence-electron chi connectivity index (χ0n) is 10.2. The number of sulfonamides is 1. The highest BCUT2D eigenvalue weighted by atomic mass is 32.2. The minimum absolute atomic E-state index is 0.106. The molecule has 0 amide bonds. The molecule has 1 N–H and O–H groups in total. The molecule has 2 aromatic rings. The normalized spacial score (nSPS) is 10.7. The van der Waals surface area contributed by atoms with E-state index in [-0.39, 0.29) is 4.90 Å². The van der Waals surface area contributed by atoms with Gasteiger partial charge in [0.1, 0.15) is 0 Å². The lowest BCUT2D eigenvalue weighted by atomic mass is 10.2. The highest BCUT2D eigenvalue weighted by Crippen LogP contribution is 2.18. The highest BCUT2D eigenvalue weighted by Gasteiger charge is 2.15. The van der Waals surface area contributed by atoms with Crippen LogP contribution in [0.1, 0.15) is 11.1 Å². The van der Waals surface area contributed by atoms with E-state index in [1.165, 1.54) is 30.5 Å². The molecule has 0 bridgehead atoms. The van der Waals surface area contributed by atoms with Gasteiger partial charge in [0.25, 0.3) is 10.0 Å². The Hall–Kier alpha value is -2.39. The van der Waals surface area contributed by atoms with Crippen molar-refractivity contribution in [1.29, 1.82) is 5.26 Å². The molecule has 96 valence electrons. The molecule has 1 aromatic carbocycles. The van der Waals surface area contributed by atoms with Crippen LogP contribution in [0.25, 0.3) is 0 Å². The Morgan fingerprint density at radius 1 is 1.21 bits per heavy atom. The molecule has 0 aliphatic rings. The lowest BCUT2D eigenvalue weighted by Crippen LogP contribution is -2.13. The predicted octanol–water partition coefficient (Wildman–Crippen LogP) is 2.06. The second-order valence-electron chi connectivity index (χ2n) is 3.93. The van der Waals surface area contributed by atoms with Gasteiger partial charge in [-0.1, -0.05) is 0 Å². The van der Waals surface area contributed by atoms with Crippen LogP contribution in [0.4, 0.5) is 5.69 Å². The number of hydrogen-bond acceptors (Lipinski definition) is 4. The Morgan fingerprint density at radius 2 is 1.89 bits per heavy atom. The van der Waals surface area contributed by atoms with Crippen molar-refractivity contribution in [3.63, 3.8) is 0 Å². The highest BCUT2D eigenvalue weighted by molar-refractivity contribution is 7.92. The van der Waals surface area contributed by atoms with Crippen LogP contribution in [0.3, 0.4) is 0 Å². The van der Waals surface area contributed by atoms with Gasteiger partial charge in [-0.25, -0.2) is 8.42 Å². The van der Waals surface area contributed by atoms with Gasteiger partial charge < -0.3 is 0 Å². The summed E-state index contributed by atoms with van der Waals surface area (Å²) in [5, 5.41) is 8.68. The third-order valence-corrected chi connectivity index (χ3v) is 3.96. The standard InChI is InChI=1S/C13H11N3O2S/c1-10-6-7-15-9-13(10)16-19(17,18)12-4-2-11(8-14)3-5-12/h2-7,9,16H,1H3. The van der Waals surface area contributed by atoms with Crippen molar-refractivity contribution >= 4 is 15.7 Å². The topological polar surface area (TPSA) is 82.8 Å². The van der Waals surface area contributed by atoms with Crippen molar-refractivity contribution in [2.45, 2.75) is 11.8 Å². The number of aromatic nitrogens is 1. The van der Waals surface area contributed by atoms with E-state index < -0.39 is 10.0 Å². The van der Waals surface area contributed by atoms with E-state index in [1.807, 2.05) is 6.07 Å². The molecule has 1 aromatic heterocycles. The molecule has 2 rings (SSSR count). The van der Waals surface area contributed by atoms with Crippen molar-refractivity contribution in [3.8, 4) is 6.07 Å². The monoisotopic (exact) mass is 273 g/mol. The molecule has 6 heteroatoms. The first kappa shape index (κ1) is 13.1. The fourth-order valence-corrected chi connectivity index (χ4v) is 2.60. The van der Waals surface area contributed by atoms with Gasteiger partial charge in [0.05, 0.1) is 28.4 Å². The summed E-state index contributed by atoms with van der Waals surface area (Å²) in [6, 6.07) is 9.37. The van der Waals surface area contributed by atoms with Crippen molar-refractivity contribution in [1.82, 2.24) is 4.98 Å². The molecule has 0 aliphatic heterocycles. The van der Waals surface area contributed by atoms with Gasteiger partial charge in [0, 0.05) is 6.20 Å². The number of rotatable bonds is 3. The molecule has 19 heavy (non-hydrogen) atoms. The molecule has 5 nitrogen and oxygen atoms in total. The number of benzene rings is 1. The predicted molar refractivity (Wildman–Crippen MR) is 70.9 cm³/mol. The Kier molecular flexibility index (Phi) is 3.49. The Morgan fingerprint density at radius 3 is 2.47 bits per heavy atom. The summed E-state index contributed by atoms with van der Waals surface area (Å²) < 4.78 is 26.7. The van der Waals surface area contributed by atoms with Crippen LogP contribution in [0.5, 0.6) is 0 Å². The summed E-state index contributed by atoms with van der Waals surface area (Å²) in [6.45, 7) is 1.79. The number of aryl methyl sites for hydroxylation is 1. The minimum atomic E-state index is -3.66. The van der Waals surface area contributed by atoms with E-state index >= 15 is 0 Å². The number of nitrogens with zero attached hydrogens (tertiary/aromatic N) is 2. The Labute approximate surface area is 111 Å². The van der Waals surface area contributed by atoms with Gasteiger partial charge >= 0.3 is 0 Å². The van der Waals surface area contributed by atoms with E-state index in [2.05, 4.69) is 9.71 Å². The van der Waals surface area contributed by atoms with Crippen LogP contribution in [0, 0.1) is 18.3 Å². The second kappa shape index (κ2) is 5.08. The molecule has 0 fully saturated rings. The van der Waals surface area contributed by atoms with E-state index in [0.29, 0.717) is 11.3 Å². The number of pyridine rings is 1. The van der Waals surface area contributed by atoms with Crippen molar-refractivity contribution in [2.75, 3.05) is 4.72 Å². The largest absolute Gasteiger partial charge is 0.278 e. The summed E-state index contributed by atoms with van der Waals surface area (Å²) in [4.78, 5) is 3.99. The third-order valence-electron chi connectivity index (χ3n) is 2.58. The number of nitrogens with one attached hydrogen (secondary N) is 1. The third kappa shape index (κ3) is 2.89. The summed E-state index contributed by atoms with van der Waals surface area (Å²) >= 11 is 0. The van der Waals surface area contributed by atoms with Gasteiger partial charge in [0.15, 0.2) is 0 Å². The zero-order chi connectivity index (χ0) is 13.9. The Bertz CT molecular complexity index is 731. The number of anilines is 1. The molecule has 0 saturated heterocycles. The van der Waals surface area contributed by atoms with E-state index in [1.54, 1.807) is 19.2 Å². The van der Waals surface area contributed by atoms with Gasteiger partial charge in [-0.2, -0.15) is 5.26 Å². The lowest BCUT2D eigenvalue weighted by Gasteiger charge is -2.09. The molecule has 0 atom stereocenters. The quantitative estimate of drug-likeness (QED) is 0.927. The van der Waals surface area contributed by atoms with Gasteiger partial charge in [-0.05, 0) is 42.8 Å². The molecular weight excluding hydrogens is 262 g/mol. The minimum Gasteiger partial charge on any atom is -0.278 e. The van der Waals surface area contributed by atoms with Crippen LogP contribution < -0.4 is 4.72 Å². The number of nitriles is 1. The smallest absolute Gasteiger partial charge is 0.261 e. The summed E-state index contributed by atoms with van der Waals surface area (Å²) in [7, 11) is -3.66. The average Bonchev–Trinajstić information content (AvgIpc) is 2.41. The van der Waals surface area contributed by atoms with Gasteiger partial charge in [-0.15, -0.1) is 0 Å². The average molecular weight is 273 g/mol. The van der Waals surface area contributed by atoms with Crippen molar-refractivity contribution < 1.29 is 8.42 Å². The van der Waals surface area contributed by atoms with Crippen LogP contribution >= 0.6 is 0 Å². The first-order chi connectivity index (χ1) is 9.03. The molecule has 0 saturated carbocycles. The maximum Gasteiger partial charge on any atom is 0.261 e. The van der Waals surface area contributed by atoms with E-state index in [9.17, 15) is 8.42 Å². The van der Waals surface area contributed by atoms with Crippen LogP contribution in [-0.2, 0) is 10.0 Å². The SMILES string of the molecule is Cc1ccncc1NS(=O)(=O)c1ccc(C#N)cc1. The number of hydrogen-bond donors (Lipinski definition) is 1. The molecule has 0 radical (unpaired) electrons. The fraction of sp³-hybridized carbons (Fsp3) is 0.0769. The van der Waals surface area contributed by atoms with E-state index in [0.717, 1.165) is 5.56 Å². The maximum atomic E-state index is 12.1. The summed E-state index contributed by atoms with van der Waals surface area (Å²) in [5.74, 6) is 0. The van der Waals surface area contributed by atoms with E-state index in [4.69, 9.17) is 5.26 Å². The molecule has 0 spiro atoms. The molecule has 0 aliphatic carbocycles. The van der Waals surface area contributed by atoms with Crippen molar-refractivity contribution in [2.24, 2.45) is 0 Å². The first-order valence-electron chi connectivity index (χ1n) is 5.46.